The highest BCUT2D eigenvalue weighted by atomic mass is 32.2. The lowest BCUT2D eigenvalue weighted by Crippen LogP contribution is -2.43. The van der Waals surface area contributed by atoms with E-state index in [2.05, 4.69) is 5.32 Å². The number of ether oxygens (including phenoxy) is 1. The Morgan fingerprint density at radius 2 is 1.81 bits per heavy atom. The van der Waals surface area contributed by atoms with Gasteiger partial charge in [-0.05, 0) is 36.7 Å². The van der Waals surface area contributed by atoms with Gasteiger partial charge in [0.25, 0.3) is 0 Å². The van der Waals surface area contributed by atoms with Crippen LogP contribution in [0, 0.1) is 0 Å². The number of hydrogen-bond donors (Lipinski definition) is 2. The van der Waals surface area contributed by atoms with Crippen LogP contribution in [-0.2, 0) is 23.8 Å². The third-order valence-electron chi connectivity index (χ3n) is 2.08. The molecule has 0 aliphatic carbocycles. The van der Waals surface area contributed by atoms with Gasteiger partial charge in [0.2, 0.25) is 0 Å². The largest absolute Gasteiger partial charge is 0.480 e. The van der Waals surface area contributed by atoms with Crippen LogP contribution in [0.2, 0.25) is 0 Å². The predicted octanol–water partition coefficient (Wildman–Crippen LogP) is 0.660. The third-order valence-corrected chi connectivity index (χ3v) is 2.91. The van der Waals surface area contributed by atoms with Crippen molar-refractivity contribution in [3.63, 3.8) is 0 Å². The fraction of sp³-hybridized carbons (Fsp3) is 0.692. The van der Waals surface area contributed by atoms with E-state index in [-0.39, 0.29) is 12.8 Å². The van der Waals surface area contributed by atoms with Crippen LogP contribution in [-0.4, -0.2) is 56.7 Å². The summed E-state index contributed by atoms with van der Waals surface area (Å²) in [6, 6.07) is -1.23. The van der Waals surface area contributed by atoms with E-state index >= 15 is 0 Å². The topological polar surface area (TPSA) is 110 Å². The summed E-state index contributed by atoms with van der Waals surface area (Å²) in [6.45, 7) is 4.96. The molecule has 0 saturated carbocycles. The Balaban J connectivity index is 4.60. The number of carbonyl (C=O) groups excluding carboxylic acids is 2. The Labute approximate surface area is 125 Å². The fourth-order valence-corrected chi connectivity index (χ4v) is 2.12. The van der Waals surface area contributed by atoms with E-state index in [0.29, 0.717) is 0 Å². The highest BCUT2D eigenvalue weighted by Gasteiger charge is 2.24. The van der Waals surface area contributed by atoms with Gasteiger partial charge in [-0.2, -0.15) is 0 Å². The molecule has 0 aromatic heterocycles. The Hall–Kier alpha value is -1.57. The predicted molar refractivity (Wildman–Crippen MR) is 81.1 cm³/mol. The van der Waals surface area contributed by atoms with Gasteiger partial charge in [0.1, 0.15) is 11.6 Å². The standard InChI is InChI=1S/C13H23NO6S/c1-13(2,3)20-12(18)14-10(11(16)17)7-6-9(15)8-21(4,5)19/h8,10H,6-7H2,1-5H3,(H,14,18)(H,16,17)/t10-/m0/s1. The van der Waals surface area contributed by atoms with Crippen molar-refractivity contribution < 1.29 is 28.4 Å². The van der Waals surface area contributed by atoms with Crippen molar-refractivity contribution in [1.82, 2.24) is 5.32 Å². The first-order valence-electron chi connectivity index (χ1n) is 6.34. The Morgan fingerprint density at radius 3 is 2.19 bits per heavy atom. The molecule has 1 amide bonds. The zero-order valence-electron chi connectivity index (χ0n) is 13.0. The maximum Gasteiger partial charge on any atom is 0.408 e. The van der Waals surface area contributed by atoms with Crippen molar-refractivity contribution in [2.24, 2.45) is 0 Å². The summed E-state index contributed by atoms with van der Waals surface area (Å²) in [5, 5.41) is 12.3. The van der Waals surface area contributed by atoms with Gasteiger partial charge in [-0.25, -0.2) is 9.59 Å². The Bertz CT molecular complexity index is 517. The second-order valence-corrected chi connectivity index (χ2v) is 8.82. The zero-order valence-corrected chi connectivity index (χ0v) is 13.8. The first-order chi connectivity index (χ1) is 9.30. The Kier molecular flexibility index (Phi) is 6.89. The molecule has 0 fully saturated rings. The summed E-state index contributed by atoms with van der Waals surface area (Å²) in [6.07, 6.45) is 1.75. The molecular weight excluding hydrogens is 298 g/mol. The van der Waals surface area contributed by atoms with Crippen LogP contribution in [0.1, 0.15) is 33.6 Å². The molecule has 0 aliphatic heterocycles. The minimum absolute atomic E-state index is 0.0978. The summed E-state index contributed by atoms with van der Waals surface area (Å²) in [4.78, 5) is 34.1. The minimum atomic E-state index is -2.32. The molecule has 0 saturated heterocycles. The Morgan fingerprint density at radius 1 is 1.29 bits per heavy atom. The van der Waals surface area contributed by atoms with Crippen LogP contribution in [0.5, 0.6) is 0 Å². The number of carbonyl (C=O) groups is 3. The lowest BCUT2D eigenvalue weighted by Gasteiger charge is -2.21. The molecular formula is C13H23NO6S. The zero-order chi connectivity index (χ0) is 16.8. The first kappa shape index (κ1) is 19.4. The van der Waals surface area contributed by atoms with Crippen molar-refractivity contribution in [1.29, 1.82) is 0 Å². The van der Waals surface area contributed by atoms with Gasteiger partial charge in [-0.15, -0.1) is 0 Å². The molecule has 0 radical (unpaired) electrons. The summed E-state index contributed by atoms with van der Waals surface area (Å²) in [5.41, 5.74) is -0.743. The van der Waals surface area contributed by atoms with Crippen LogP contribution in [0.15, 0.2) is 0 Å². The molecule has 7 nitrogen and oxygen atoms in total. The third kappa shape index (κ3) is 10.8. The van der Waals surface area contributed by atoms with Gasteiger partial charge in [0, 0.05) is 24.3 Å². The van der Waals surface area contributed by atoms with Crippen LogP contribution < -0.4 is 5.32 Å². The number of carboxylic acid groups (broad SMARTS) is 1. The second kappa shape index (κ2) is 7.44. The lowest BCUT2D eigenvalue weighted by molar-refractivity contribution is -0.139. The van der Waals surface area contributed by atoms with E-state index in [1.54, 1.807) is 20.8 Å². The number of aliphatic carboxylic acids is 1. The number of alkyl carbamates (subject to hydrolysis) is 1. The van der Waals surface area contributed by atoms with Crippen LogP contribution in [0.4, 0.5) is 4.79 Å². The number of rotatable bonds is 6. The fourth-order valence-electron chi connectivity index (χ4n) is 1.37. The van der Waals surface area contributed by atoms with Crippen LogP contribution in [0.3, 0.4) is 0 Å². The summed E-state index contributed by atoms with van der Waals surface area (Å²) < 4.78 is 16.4. The summed E-state index contributed by atoms with van der Waals surface area (Å²) in [5.74, 6) is -1.68. The van der Waals surface area contributed by atoms with E-state index in [9.17, 15) is 18.6 Å². The number of carboxylic acids is 1. The second-order valence-electron chi connectivity index (χ2n) is 5.97. The number of ketones is 1. The highest BCUT2D eigenvalue weighted by Crippen LogP contribution is 2.08. The highest BCUT2D eigenvalue weighted by molar-refractivity contribution is 8.01. The average molecular weight is 321 g/mol. The van der Waals surface area contributed by atoms with E-state index in [1.165, 1.54) is 12.5 Å². The first-order valence-corrected chi connectivity index (χ1v) is 8.78. The van der Waals surface area contributed by atoms with E-state index in [1.807, 2.05) is 0 Å². The number of nitrogens with one attached hydrogen (secondary N) is 1. The van der Waals surface area contributed by atoms with Crippen LogP contribution in [0.25, 0.3) is 0 Å². The average Bonchev–Trinajstić information content (AvgIpc) is 2.18. The van der Waals surface area contributed by atoms with Crippen molar-refractivity contribution in [2.75, 3.05) is 12.5 Å². The molecule has 122 valence electrons. The van der Waals surface area contributed by atoms with Gasteiger partial charge in [-0.3, -0.25) is 9.00 Å². The molecule has 0 aromatic rings. The molecule has 8 heteroatoms. The summed E-state index contributed by atoms with van der Waals surface area (Å²) in [7, 11) is -2.32. The number of hydrogen-bond acceptors (Lipinski definition) is 5. The molecule has 0 aliphatic rings. The molecule has 2 N–H and O–H groups in total. The number of amides is 1. The van der Waals surface area contributed by atoms with E-state index in [0.717, 1.165) is 5.37 Å². The maximum atomic E-state index is 11.5. The monoisotopic (exact) mass is 321 g/mol. The van der Waals surface area contributed by atoms with E-state index in [4.69, 9.17) is 9.84 Å². The molecule has 0 rings (SSSR count). The maximum absolute atomic E-state index is 11.5. The molecule has 0 heterocycles. The smallest absolute Gasteiger partial charge is 0.408 e. The molecule has 0 unspecified atom stereocenters. The van der Waals surface area contributed by atoms with Gasteiger partial charge in [0.05, 0.1) is 0 Å². The number of Topliss-reactive ketones (excluding diaryl/α,β-unsaturated/α-hetero) is 1. The SMILES string of the molecule is CC(C)(C)OC(=O)N[C@@H](CCC(=O)C=S(C)(C)=O)C(=O)O. The molecule has 21 heavy (non-hydrogen) atoms. The van der Waals surface area contributed by atoms with Gasteiger partial charge < -0.3 is 15.2 Å². The minimum Gasteiger partial charge on any atom is -0.480 e. The van der Waals surface area contributed by atoms with Gasteiger partial charge in [0.15, 0.2) is 5.78 Å². The van der Waals surface area contributed by atoms with Crippen LogP contribution >= 0.6 is 0 Å². The quantitative estimate of drug-likeness (QED) is 0.695. The van der Waals surface area contributed by atoms with Crippen molar-refractivity contribution in [3.05, 3.63) is 0 Å². The normalized spacial score (nSPS) is 13.2. The van der Waals surface area contributed by atoms with E-state index < -0.39 is 39.0 Å². The van der Waals surface area contributed by atoms with Crippen molar-refractivity contribution >= 4 is 32.7 Å². The lowest BCUT2D eigenvalue weighted by atomic mass is 10.1. The van der Waals surface area contributed by atoms with Gasteiger partial charge >= 0.3 is 12.1 Å². The molecule has 0 aromatic carbocycles. The van der Waals surface area contributed by atoms with Crippen molar-refractivity contribution in [2.45, 2.75) is 45.3 Å². The molecule has 0 spiro atoms. The van der Waals surface area contributed by atoms with Crippen molar-refractivity contribution in [3.8, 4) is 0 Å². The summed E-state index contributed by atoms with van der Waals surface area (Å²) >= 11 is 0. The molecule has 1 atom stereocenters. The van der Waals surface area contributed by atoms with Gasteiger partial charge in [-0.1, -0.05) is 0 Å². The molecule has 0 bridgehead atoms.